The Kier molecular flexibility index (Phi) is 5.45. The molecule has 1 heterocycles. The fourth-order valence-corrected chi connectivity index (χ4v) is 2.06. The summed E-state index contributed by atoms with van der Waals surface area (Å²) in [4.78, 5) is 4.89. The van der Waals surface area contributed by atoms with Crippen LogP contribution >= 0.6 is 0 Å². The maximum atomic E-state index is 3.45. The average Bonchev–Trinajstić information content (AvgIpc) is 2.58. The zero-order valence-corrected chi connectivity index (χ0v) is 9.92. The maximum Gasteiger partial charge on any atom is 0.0221 e. The number of likely N-dealkylation sites (tertiary alicyclic amines) is 1. The topological polar surface area (TPSA) is 18.5 Å². The number of hydrogen-bond acceptors (Lipinski definition) is 3. The van der Waals surface area contributed by atoms with Gasteiger partial charge in [0, 0.05) is 25.7 Å². The van der Waals surface area contributed by atoms with Gasteiger partial charge in [-0.25, -0.2) is 0 Å². The minimum absolute atomic E-state index is 0.787. The second-order valence-electron chi connectivity index (χ2n) is 4.44. The molecule has 1 unspecified atom stereocenters. The molecule has 1 aliphatic rings. The molecular formula is C11H25N3. The van der Waals surface area contributed by atoms with E-state index in [1.807, 2.05) is 0 Å². The van der Waals surface area contributed by atoms with E-state index in [-0.39, 0.29) is 0 Å². The molecule has 0 amide bonds. The second kappa shape index (κ2) is 6.38. The fourth-order valence-electron chi connectivity index (χ4n) is 2.06. The van der Waals surface area contributed by atoms with Gasteiger partial charge in [0.05, 0.1) is 0 Å². The molecule has 0 bridgehead atoms. The minimum atomic E-state index is 0.787. The molecule has 0 saturated carbocycles. The van der Waals surface area contributed by atoms with Crippen molar-refractivity contribution in [2.45, 2.75) is 25.8 Å². The van der Waals surface area contributed by atoms with E-state index in [4.69, 9.17) is 0 Å². The van der Waals surface area contributed by atoms with Crippen molar-refractivity contribution in [1.82, 2.24) is 15.1 Å². The molecule has 0 radical (unpaired) electrons. The average molecular weight is 199 g/mol. The van der Waals surface area contributed by atoms with Crippen molar-refractivity contribution in [3.05, 3.63) is 0 Å². The lowest BCUT2D eigenvalue weighted by Crippen LogP contribution is -2.41. The van der Waals surface area contributed by atoms with Gasteiger partial charge in [-0.3, -0.25) is 4.90 Å². The lowest BCUT2D eigenvalue weighted by Gasteiger charge is -2.25. The van der Waals surface area contributed by atoms with E-state index < -0.39 is 0 Å². The van der Waals surface area contributed by atoms with Crippen LogP contribution in [0.25, 0.3) is 0 Å². The van der Waals surface area contributed by atoms with E-state index in [9.17, 15) is 0 Å². The molecule has 0 aromatic rings. The number of nitrogens with one attached hydrogen (secondary N) is 1. The SMILES string of the molecule is CCNCC1CCCN1CCN(C)C. The molecule has 0 aromatic carbocycles. The summed E-state index contributed by atoms with van der Waals surface area (Å²) in [5.41, 5.74) is 0. The monoisotopic (exact) mass is 199 g/mol. The van der Waals surface area contributed by atoms with Gasteiger partial charge < -0.3 is 10.2 Å². The third-order valence-electron chi connectivity index (χ3n) is 2.96. The number of hydrogen-bond donors (Lipinski definition) is 1. The highest BCUT2D eigenvalue weighted by atomic mass is 15.2. The van der Waals surface area contributed by atoms with E-state index in [0.717, 1.165) is 12.6 Å². The lowest BCUT2D eigenvalue weighted by atomic mass is 10.2. The smallest absolute Gasteiger partial charge is 0.0221 e. The van der Waals surface area contributed by atoms with Gasteiger partial charge in [-0.15, -0.1) is 0 Å². The normalized spacial score (nSPS) is 23.6. The molecular weight excluding hydrogens is 174 g/mol. The molecule has 3 heteroatoms. The van der Waals surface area contributed by atoms with Gasteiger partial charge in [0.15, 0.2) is 0 Å². The van der Waals surface area contributed by atoms with Gasteiger partial charge >= 0.3 is 0 Å². The molecule has 1 fully saturated rings. The van der Waals surface area contributed by atoms with Crippen molar-refractivity contribution >= 4 is 0 Å². The highest BCUT2D eigenvalue weighted by Crippen LogP contribution is 2.15. The molecule has 0 aromatic heterocycles. The van der Waals surface area contributed by atoms with Gasteiger partial charge in [-0.05, 0) is 40.0 Å². The van der Waals surface area contributed by atoms with Gasteiger partial charge in [0.2, 0.25) is 0 Å². The van der Waals surface area contributed by atoms with E-state index in [2.05, 4.69) is 36.1 Å². The summed E-state index contributed by atoms with van der Waals surface area (Å²) in [6.07, 6.45) is 2.75. The Morgan fingerprint density at radius 1 is 1.43 bits per heavy atom. The highest BCUT2D eigenvalue weighted by molar-refractivity contribution is 4.80. The van der Waals surface area contributed by atoms with Crippen LogP contribution in [0.5, 0.6) is 0 Å². The largest absolute Gasteiger partial charge is 0.315 e. The standard InChI is InChI=1S/C11H25N3/c1-4-12-10-11-6-5-7-14(11)9-8-13(2)3/h11-12H,4-10H2,1-3H3. The molecule has 3 nitrogen and oxygen atoms in total. The van der Waals surface area contributed by atoms with E-state index in [0.29, 0.717) is 0 Å². The first-order valence-corrected chi connectivity index (χ1v) is 5.83. The van der Waals surface area contributed by atoms with Gasteiger partial charge in [0.1, 0.15) is 0 Å². The van der Waals surface area contributed by atoms with Crippen molar-refractivity contribution in [1.29, 1.82) is 0 Å². The third-order valence-corrected chi connectivity index (χ3v) is 2.96. The van der Waals surface area contributed by atoms with Crippen LogP contribution < -0.4 is 5.32 Å². The summed E-state index contributed by atoms with van der Waals surface area (Å²) >= 11 is 0. The Morgan fingerprint density at radius 3 is 2.86 bits per heavy atom. The summed E-state index contributed by atoms with van der Waals surface area (Å²) in [6, 6.07) is 0.787. The summed E-state index contributed by atoms with van der Waals surface area (Å²) in [6.45, 7) is 8.15. The van der Waals surface area contributed by atoms with Crippen LogP contribution in [0.3, 0.4) is 0 Å². The van der Waals surface area contributed by atoms with E-state index in [1.165, 1.54) is 39.0 Å². The van der Waals surface area contributed by atoms with Crippen molar-refractivity contribution in [2.75, 3.05) is 46.8 Å². The molecule has 1 aliphatic heterocycles. The molecule has 0 aliphatic carbocycles. The summed E-state index contributed by atoms with van der Waals surface area (Å²) in [7, 11) is 4.30. The van der Waals surface area contributed by atoms with E-state index in [1.54, 1.807) is 0 Å². The Labute approximate surface area is 88.5 Å². The summed E-state index contributed by atoms with van der Waals surface area (Å²) in [5.74, 6) is 0. The van der Waals surface area contributed by atoms with Crippen LogP contribution in [0.4, 0.5) is 0 Å². The van der Waals surface area contributed by atoms with Crippen molar-refractivity contribution in [2.24, 2.45) is 0 Å². The zero-order chi connectivity index (χ0) is 10.4. The molecule has 1 saturated heterocycles. The van der Waals surface area contributed by atoms with Crippen LogP contribution in [0.15, 0.2) is 0 Å². The van der Waals surface area contributed by atoms with Crippen LogP contribution in [-0.2, 0) is 0 Å². The van der Waals surface area contributed by atoms with Crippen LogP contribution in [0, 0.1) is 0 Å². The summed E-state index contributed by atoms with van der Waals surface area (Å²) in [5, 5.41) is 3.45. The van der Waals surface area contributed by atoms with Gasteiger partial charge in [-0.2, -0.15) is 0 Å². The number of rotatable bonds is 6. The predicted molar refractivity (Wildman–Crippen MR) is 61.7 cm³/mol. The van der Waals surface area contributed by atoms with Gasteiger partial charge in [-0.1, -0.05) is 6.92 Å². The quantitative estimate of drug-likeness (QED) is 0.676. The maximum absolute atomic E-state index is 3.45. The number of nitrogens with zero attached hydrogens (tertiary/aromatic N) is 2. The molecule has 1 N–H and O–H groups in total. The first-order valence-electron chi connectivity index (χ1n) is 5.83. The Morgan fingerprint density at radius 2 is 2.21 bits per heavy atom. The van der Waals surface area contributed by atoms with Crippen molar-refractivity contribution in [3.63, 3.8) is 0 Å². The number of likely N-dealkylation sites (N-methyl/N-ethyl adjacent to an activating group) is 2. The lowest BCUT2D eigenvalue weighted by molar-refractivity contribution is 0.222. The third kappa shape index (κ3) is 3.95. The van der Waals surface area contributed by atoms with E-state index >= 15 is 0 Å². The Bertz CT molecular complexity index is 147. The molecule has 0 spiro atoms. The van der Waals surface area contributed by atoms with Crippen molar-refractivity contribution < 1.29 is 0 Å². The first-order chi connectivity index (χ1) is 6.74. The summed E-state index contributed by atoms with van der Waals surface area (Å²) < 4.78 is 0. The second-order valence-corrected chi connectivity index (χ2v) is 4.44. The predicted octanol–water partition coefficient (Wildman–Crippen LogP) is 0.622. The fraction of sp³-hybridized carbons (Fsp3) is 1.00. The molecule has 1 atom stereocenters. The van der Waals surface area contributed by atoms with Gasteiger partial charge in [0.25, 0.3) is 0 Å². The Balaban J connectivity index is 2.21. The Hall–Kier alpha value is -0.120. The van der Waals surface area contributed by atoms with Crippen LogP contribution in [-0.4, -0.2) is 62.7 Å². The first kappa shape index (κ1) is 12.0. The molecule has 1 rings (SSSR count). The zero-order valence-electron chi connectivity index (χ0n) is 9.92. The molecule has 14 heavy (non-hydrogen) atoms. The highest BCUT2D eigenvalue weighted by Gasteiger charge is 2.23. The van der Waals surface area contributed by atoms with Crippen LogP contribution in [0.1, 0.15) is 19.8 Å². The molecule has 84 valence electrons. The van der Waals surface area contributed by atoms with Crippen molar-refractivity contribution in [3.8, 4) is 0 Å². The van der Waals surface area contributed by atoms with Crippen LogP contribution in [0.2, 0.25) is 0 Å². The minimum Gasteiger partial charge on any atom is -0.315 e.